The molecule has 6 nitrogen and oxygen atoms in total. The summed E-state index contributed by atoms with van der Waals surface area (Å²) in [4.78, 5) is 20.2. The van der Waals surface area contributed by atoms with Gasteiger partial charge in [0.2, 0.25) is 0 Å². The first-order valence-corrected chi connectivity index (χ1v) is 56.1. The van der Waals surface area contributed by atoms with Gasteiger partial charge in [-0.25, -0.2) is 0 Å². The van der Waals surface area contributed by atoms with E-state index in [0.29, 0.717) is 23.7 Å². The molecule has 0 spiro atoms. The molecule has 2 aliphatic rings. The molecular weight excluding hydrogens is 2030 g/mol. The van der Waals surface area contributed by atoms with Gasteiger partial charge in [-0.05, 0) is 220 Å². The number of hydrogen-bond donors (Lipinski definition) is 0. The molecule has 0 bridgehead atoms. The van der Waals surface area contributed by atoms with Crippen molar-refractivity contribution in [2.75, 3.05) is 0 Å². The van der Waals surface area contributed by atoms with Crippen molar-refractivity contribution < 1.29 is 43.0 Å². The third-order valence-electron chi connectivity index (χ3n) is 26.5. The Morgan fingerprint density at radius 1 is 0.402 bits per heavy atom. The van der Waals surface area contributed by atoms with E-state index in [1.807, 2.05) is 59.2 Å². The van der Waals surface area contributed by atoms with E-state index in [9.17, 15) is 0 Å². The van der Waals surface area contributed by atoms with Crippen LogP contribution in [0.2, 0.25) is 39.3 Å². The number of thiophene rings is 2. The number of hydrogen-bond acceptors (Lipinski definition) is 6. The number of aryl methyl sites for hydroxylation is 5. The first kappa shape index (κ1) is 93.8. The van der Waals surface area contributed by atoms with Crippen LogP contribution in [0.3, 0.4) is 0 Å². The maximum absolute atomic E-state index is 8.94. The van der Waals surface area contributed by atoms with Crippen LogP contribution in [0.5, 0.6) is 0 Å². The summed E-state index contributed by atoms with van der Waals surface area (Å²) in [7, 11) is -3.05. The summed E-state index contributed by atoms with van der Waals surface area (Å²) in [5.74, 6) is 4.21. The Morgan fingerprint density at radius 2 is 0.803 bits per heavy atom. The Hall–Kier alpha value is -9.95. The first-order chi connectivity index (χ1) is 63.4. The maximum Gasteiger partial charge on any atom is 0.0798 e. The molecule has 0 N–H and O–H groups in total. The van der Waals surface area contributed by atoms with E-state index < -0.39 is 22.5 Å². The zero-order valence-electron chi connectivity index (χ0n) is 82.4. The first-order valence-electron chi connectivity index (χ1n) is 48.4. The molecule has 6 aromatic heterocycles. The summed E-state index contributed by atoms with van der Waals surface area (Å²) >= 11 is 3.72. The van der Waals surface area contributed by atoms with Crippen LogP contribution in [0.25, 0.3) is 141 Å². The Balaban J connectivity index is 0.000000140. The summed E-state index contributed by atoms with van der Waals surface area (Å²) in [6, 6.07) is 98.7. The van der Waals surface area contributed by atoms with Crippen molar-refractivity contribution in [2.24, 2.45) is 11.8 Å². The van der Waals surface area contributed by atoms with Gasteiger partial charge in [-0.2, -0.15) is 22.7 Å². The molecule has 0 atom stereocenters. The Labute approximate surface area is 825 Å². The predicted molar refractivity (Wildman–Crippen MR) is 566 cm³/mol. The smallest absolute Gasteiger partial charge is 0.0798 e. The molecule has 678 valence electrons. The summed E-state index contributed by atoms with van der Waals surface area (Å²) in [5, 5.41) is 7.95. The minimum atomic E-state index is -1.69. The summed E-state index contributed by atoms with van der Waals surface area (Å²) in [5.41, 5.74) is 31.9. The van der Waals surface area contributed by atoms with Crippen molar-refractivity contribution in [3.63, 3.8) is 0 Å². The van der Waals surface area contributed by atoms with E-state index in [0.717, 1.165) is 110 Å². The number of benzene rings is 12. The van der Waals surface area contributed by atoms with E-state index in [2.05, 4.69) is 375 Å². The Morgan fingerprint density at radius 3 is 1.24 bits per heavy atom. The minimum Gasteiger partial charge on any atom is -0.333 e. The van der Waals surface area contributed by atoms with Gasteiger partial charge >= 0.3 is 0 Å². The number of imidazole rings is 2. The van der Waals surface area contributed by atoms with Crippen LogP contribution in [0, 0.1) is 70.7 Å². The molecule has 2 radical (unpaired) electrons. The second kappa shape index (κ2) is 41.5. The van der Waals surface area contributed by atoms with Crippen LogP contribution in [0.1, 0.15) is 201 Å². The van der Waals surface area contributed by atoms with Crippen molar-refractivity contribution in [3.05, 3.63) is 334 Å². The van der Waals surface area contributed by atoms with Gasteiger partial charge in [0.25, 0.3) is 0 Å². The fourth-order valence-electron chi connectivity index (χ4n) is 19.7. The minimum absolute atomic E-state index is 0. The van der Waals surface area contributed by atoms with Gasteiger partial charge in [0, 0.05) is 76.1 Å². The van der Waals surface area contributed by atoms with Crippen molar-refractivity contribution in [2.45, 2.75) is 224 Å². The van der Waals surface area contributed by atoms with Gasteiger partial charge in [0.05, 0.1) is 49.9 Å². The molecule has 132 heavy (non-hydrogen) atoms. The topological polar surface area (TPSA) is 61.4 Å². The fraction of sp³-hybridized carbons (Fsp3) is 0.300. The van der Waals surface area contributed by atoms with Gasteiger partial charge in [0.15, 0.2) is 0 Å². The van der Waals surface area contributed by atoms with Crippen LogP contribution in [-0.4, -0.2) is 45.2 Å². The average Bonchev–Trinajstić information content (AvgIpc) is 1.56. The number of fused-ring (bicyclic) bond motifs is 8. The normalized spacial score (nSPS) is 13.6. The molecule has 0 amide bonds. The molecule has 6 heterocycles. The molecule has 12 aromatic carbocycles. The molecule has 12 heteroatoms. The molecule has 20 rings (SSSR count). The van der Waals surface area contributed by atoms with Crippen LogP contribution in [0.4, 0.5) is 0 Å². The second-order valence-electron chi connectivity index (χ2n) is 39.9. The van der Waals surface area contributed by atoms with Crippen LogP contribution in [-0.2, 0) is 53.0 Å². The van der Waals surface area contributed by atoms with E-state index in [-0.39, 0.29) is 46.1 Å². The van der Waals surface area contributed by atoms with Crippen molar-refractivity contribution in [1.82, 2.24) is 29.1 Å². The number of pyridine rings is 2. The summed E-state index contributed by atoms with van der Waals surface area (Å²) < 4.78 is 27.9. The largest absolute Gasteiger partial charge is 0.333 e. The van der Waals surface area contributed by atoms with Gasteiger partial charge in [0.1, 0.15) is 0 Å². The zero-order valence-corrected chi connectivity index (χ0v) is 88.8. The SMILES string of the molecule is C[Si](C)(C)c1cnc(-c2[c-]cccc2)cc1CC1CCCCC1.Cc1ccc2c(c1)sc1c(-c3nc4ccccc4n3-c3c(C(C)C)cc(-c4ccccc4)cc3C(C)C)[c-]cc(C)c12.Cc1ccc2c(c1)sc1c(-c3nc4ccccc4n3-c3c(C(C)C)cc(-c4ccccc4)cc3C(C)C)[c-]cc(C)c12.[2H]C([2H])(c1cc(-c2[c-]ccc(C)c2)ncc1[Si](C)(C)C)C1CCCC1.[Ir].[Ir]. The quantitative estimate of drug-likeness (QED) is 0.0634. The van der Waals surface area contributed by atoms with Crippen LogP contribution >= 0.6 is 22.7 Å². The molecule has 18 aromatic rings. The molecule has 0 unspecified atom stereocenters. The number of para-hydroxylation sites is 4. The third kappa shape index (κ3) is 20.7. The summed E-state index contributed by atoms with van der Waals surface area (Å²) in [6.07, 6.45) is 15.4. The molecular formula is C120H126Ir2N6S2Si2-4. The standard InChI is InChI=1S/2C39H35N2S.2C21H28NSi.2Ir/c2*1-23(2)31-21-28(27-12-8-7-9-13-27)22-32(24(3)4)37(31)41-34-15-11-10-14-33(34)40-39(41)30-19-17-26(6)36-29-18-16-25(5)20-35(29)42-38(30)36;1-16-8-7-11-18(12-16)20-14-19(13-17-9-5-6-10-17)21(15-22-20)23(2,3)4;1-23(2,3)21-16-22-20(18-12-8-5-9-13-18)15-19(21)14-17-10-6-4-7-11-17;;/h2*7-18,20-24H,1-6H3;7-8,12,14-15,17H,5-6,9-10,13H2,1-4H3;5,8-9,12,15-17H,4,6-7,10-11,14H2,1-3H3;;/q4*-1;;/i;;13D2;;;. The monoisotopic (exact) mass is 2160 g/mol. The van der Waals surface area contributed by atoms with Gasteiger partial charge in [-0.15, -0.1) is 107 Å². The van der Waals surface area contributed by atoms with E-state index in [4.69, 9.17) is 22.7 Å². The van der Waals surface area contributed by atoms with Crippen molar-refractivity contribution in [3.8, 4) is 78.9 Å². The molecule has 2 aliphatic carbocycles. The number of nitrogens with zero attached hydrogens (tertiary/aromatic N) is 6. The van der Waals surface area contributed by atoms with Gasteiger partial charge in [-0.1, -0.05) is 328 Å². The molecule has 2 saturated carbocycles. The van der Waals surface area contributed by atoms with Crippen LogP contribution in [0.15, 0.2) is 249 Å². The number of aromatic nitrogens is 6. The third-order valence-corrected chi connectivity index (χ3v) is 33.0. The maximum atomic E-state index is 8.94. The molecule has 0 aliphatic heterocycles. The molecule has 2 fully saturated rings. The van der Waals surface area contributed by atoms with Gasteiger partial charge < -0.3 is 19.1 Å². The van der Waals surface area contributed by atoms with Crippen molar-refractivity contribution >= 4 is 112 Å². The van der Waals surface area contributed by atoms with Crippen LogP contribution < -0.4 is 10.4 Å². The number of rotatable bonds is 18. The van der Waals surface area contributed by atoms with E-state index >= 15 is 0 Å². The predicted octanol–water partition coefficient (Wildman–Crippen LogP) is 33.1. The van der Waals surface area contributed by atoms with Gasteiger partial charge in [-0.3, -0.25) is 9.97 Å². The Kier molecular flexibility index (Phi) is 29.5. The fourth-order valence-corrected chi connectivity index (χ4v) is 25.4. The Bertz CT molecular complexity index is 6880. The van der Waals surface area contributed by atoms with E-state index in [1.165, 1.54) is 163 Å². The average molecular weight is 2160 g/mol. The molecule has 0 saturated heterocycles. The van der Waals surface area contributed by atoms with E-state index in [1.54, 1.807) is 10.8 Å². The summed E-state index contributed by atoms with van der Waals surface area (Å²) in [6.45, 7) is 43.4. The van der Waals surface area contributed by atoms with Crippen molar-refractivity contribution in [1.29, 1.82) is 0 Å². The second-order valence-corrected chi connectivity index (χ2v) is 52.1. The zero-order chi connectivity index (χ0) is 92.8.